The fourth-order valence-electron chi connectivity index (χ4n) is 3.26. The van der Waals surface area contributed by atoms with Gasteiger partial charge in [-0.15, -0.1) is 0 Å². The zero-order chi connectivity index (χ0) is 20.4. The van der Waals surface area contributed by atoms with E-state index < -0.39 is 10.0 Å². The summed E-state index contributed by atoms with van der Waals surface area (Å²) in [5, 5.41) is 0. The van der Waals surface area contributed by atoms with Gasteiger partial charge in [-0.25, -0.2) is 13.1 Å². The first-order valence-electron chi connectivity index (χ1n) is 8.93. The van der Waals surface area contributed by atoms with Crippen molar-refractivity contribution in [2.45, 2.75) is 11.3 Å². The van der Waals surface area contributed by atoms with Crippen LogP contribution in [0.2, 0.25) is 0 Å². The SMILES string of the molecule is O=C1C=C(c2cccnc2)C(=O)c2c(CCNS(=O)(=O)c3ccccc3)c[nH]c21. The van der Waals surface area contributed by atoms with Crippen molar-refractivity contribution in [3.05, 3.63) is 89.5 Å². The fraction of sp³-hybridized carbons (Fsp3) is 0.0952. The van der Waals surface area contributed by atoms with Gasteiger partial charge in [0, 0.05) is 36.3 Å². The van der Waals surface area contributed by atoms with E-state index in [0.717, 1.165) is 0 Å². The minimum atomic E-state index is -3.64. The summed E-state index contributed by atoms with van der Waals surface area (Å²) in [7, 11) is -3.64. The zero-order valence-electron chi connectivity index (χ0n) is 15.3. The standard InChI is InChI=1S/C21H17N3O4S/c25-18-11-17(14-5-4-9-22-12-14)21(26)19-15(13-23-20(18)19)8-10-24-29(27,28)16-6-2-1-3-7-16/h1-7,9,11-13,23-24H,8,10H2. The molecule has 1 aliphatic carbocycles. The van der Waals surface area contributed by atoms with Crippen molar-refractivity contribution in [2.24, 2.45) is 0 Å². The van der Waals surface area contributed by atoms with Crippen LogP contribution >= 0.6 is 0 Å². The Bertz CT molecular complexity index is 1210. The smallest absolute Gasteiger partial charge is 0.240 e. The van der Waals surface area contributed by atoms with Crippen LogP contribution in [0.1, 0.15) is 32.0 Å². The Labute approximate surface area is 167 Å². The molecule has 0 fully saturated rings. The molecule has 0 saturated heterocycles. The lowest BCUT2D eigenvalue weighted by Gasteiger charge is -2.14. The minimum Gasteiger partial charge on any atom is -0.358 e. The van der Waals surface area contributed by atoms with Gasteiger partial charge in [-0.05, 0) is 36.3 Å². The lowest BCUT2D eigenvalue weighted by Crippen LogP contribution is -2.26. The van der Waals surface area contributed by atoms with E-state index in [1.807, 2.05) is 0 Å². The maximum absolute atomic E-state index is 13.0. The third kappa shape index (κ3) is 3.67. The second-order valence-corrected chi connectivity index (χ2v) is 8.28. The van der Waals surface area contributed by atoms with E-state index in [2.05, 4.69) is 14.7 Å². The number of carbonyl (C=O) groups excluding carboxylic acids is 2. The Morgan fingerprint density at radius 1 is 1.03 bits per heavy atom. The first-order valence-corrected chi connectivity index (χ1v) is 10.4. The molecule has 8 heteroatoms. The molecule has 29 heavy (non-hydrogen) atoms. The van der Waals surface area contributed by atoms with Gasteiger partial charge in [-0.1, -0.05) is 24.3 Å². The number of nitrogens with zero attached hydrogens (tertiary/aromatic N) is 1. The Morgan fingerprint density at radius 3 is 2.55 bits per heavy atom. The van der Waals surface area contributed by atoms with Crippen molar-refractivity contribution in [3.8, 4) is 0 Å². The molecule has 3 aromatic rings. The molecule has 0 unspecified atom stereocenters. The molecular weight excluding hydrogens is 390 g/mol. The highest BCUT2D eigenvalue weighted by Gasteiger charge is 2.30. The number of hydrogen-bond donors (Lipinski definition) is 2. The lowest BCUT2D eigenvalue weighted by atomic mass is 9.88. The van der Waals surface area contributed by atoms with E-state index in [4.69, 9.17) is 0 Å². The molecule has 0 atom stereocenters. The topological polar surface area (TPSA) is 109 Å². The summed E-state index contributed by atoms with van der Waals surface area (Å²) in [6.07, 6.45) is 6.27. The number of aromatic nitrogens is 2. The predicted molar refractivity (Wildman–Crippen MR) is 107 cm³/mol. The molecule has 2 aromatic heterocycles. The normalized spacial score (nSPS) is 13.9. The molecule has 0 amide bonds. The molecule has 0 radical (unpaired) electrons. The van der Waals surface area contributed by atoms with Crippen molar-refractivity contribution in [2.75, 3.05) is 6.54 Å². The number of Topliss-reactive ketones (excluding diaryl/α,β-unsaturated/α-hetero) is 1. The molecule has 0 aliphatic heterocycles. The van der Waals surface area contributed by atoms with Crippen LogP contribution in [-0.2, 0) is 16.4 Å². The van der Waals surface area contributed by atoms with E-state index >= 15 is 0 Å². The maximum Gasteiger partial charge on any atom is 0.240 e. The largest absolute Gasteiger partial charge is 0.358 e. The van der Waals surface area contributed by atoms with Crippen molar-refractivity contribution in [3.63, 3.8) is 0 Å². The lowest BCUT2D eigenvalue weighted by molar-refractivity contribution is 0.0998. The van der Waals surface area contributed by atoms with Crippen LogP contribution in [0, 0.1) is 0 Å². The number of carbonyl (C=O) groups is 2. The molecule has 1 aromatic carbocycles. The van der Waals surface area contributed by atoms with Crippen LogP contribution in [-0.4, -0.2) is 36.5 Å². The molecule has 0 saturated carbocycles. The van der Waals surface area contributed by atoms with Gasteiger partial charge in [0.25, 0.3) is 0 Å². The van der Waals surface area contributed by atoms with Gasteiger partial charge in [0.05, 0.1) is 16.2 Å². The zero-order valence-corrected chi connectivity index (χ0v) is 16.1. The summed E-state index contributed by atoms with van der Waals surface area (Å²) in [5.74, 6) is -0.579. The molecule has 2 heterocycles. The first-order chi connectivity index (χ1) is 14.0. The quantitative estimate of drug-likeness (QED) is 0.652. The van der Waals surface area contributed by atoms with Crippen LogP contribution in [0.3, 0.4) is 0 Å². The number of benzene rings is 1. The van der Waals surface area contributed by atoms with E-state index in [9.17, 15) is 18.0 Å². The average molecular weight is 407 g/mol. The molecule has 0 spiro atoms. The number of rotatable bonds is 6. The number of aromatic amines is 1. The Hall–Kier alpha value is -3.36. The molecule has 4 rings (SSSR count). The molecule has 146 valence electrons. The highest BCUT2D eigenvalue weighted by Crippen LogP contribution is 2.29. The van der Waals surface area contributed by atoms with Gasteiger partial charge in [-0.3, -0.25) is 14.6 Å². The van der Waals surface area contributed by atoms with Gasteiger partial charge in [-0.2, -0.15) is 0 Å². The van der Waals surface area contributed by atoms with Crippen LogP contribution in [0.5, 0.6) is 0 Å². The van der Waals surface area contributed by atoms with Crippen LogP contribution in [0.25, 0.3) is 5.57 Å². The third-order valence-corrected chi connectivity index (χ3v) is 6.14. The molecule has 2 N–H and O–H groups in total. The number of pyridine rings is 1. The van der Waals surface area contributed by atoms with Gasteiger partial charge in [0.2, 0.25) is 15.8 Å². The summed E-state index contributed by atoms with van der Waals surface area (Å²) in [5.41, 5.74) is 1.94. The fourth-order valence-corrected chi connectivity index (χ4v) is 4.31. The number of ketones is 2. The monoisotopic (exact) mass is 407 g/mol. The van der Waals surface area contributed by atoms with Crippen LogP contribution in [0.4, 0.5) is 0 Å². The van der Waals surface area contributed by atoms with Crippen molar-refractivity contribution in [1.82, 2.24) is 14.7 Å². The Balaban J connectivity index is 1.54. The molecule has 7 nitrogen and oxygen atoms in total. The van der Waals surface area contributed by atoms with E-state index in [-0.39, 0.29) is 46.3 Å². The molecule has 1 aliphatic rings. The van der Waals surface area contributed by atoms with Gasteiger partial charge in [0.1, 0.15) is 0 Å². The number of H-pyrrole nitrogens is 1. The van der Waals surface area contributed by atoms with E-state index in [1.165, 1.54) is 24.4 Å². The summed E-state index contributed by atoms with van der Waals surface area (Å²) < 4.78 is 27.2. The highest BCUT2D eigenvalue weighted by molar-refractivity contribution is 7.89. The van der Waals surface area contributed by atoms with E-state index in [1.54, 1.807) is 42.7 Å². The van der Waals surface area contributed by atoms with Crippen molar-refractivity contribution in [1.29, 1.82) is 0 Å². The van der Waals surface area contributed by atoms with Gasteiger partial charge < -0.3 is 4.98 Å². The van der Waals surface area contributed by atoms with Gasteiger partial charge >= 0.3 is 0 Å². The van der Waals surface area contributed by atoms with Gasteiger partial charge in [0.15, 0.2) is 5.78 Å². The predicted octanol–water partition coefficient (Wildman–Crippen LogP) is 2.39. The molecule has 0 bridgehead atoms. The van der Waals surface area contributed by atoms with Crippen molar-refractivity contribution < 1.29 is 18.0 Å². The number of hydrogen-bond acceptors (Lipinski definition) is 5. The Morgan fingerprint density at radius 2 is 1.83 bits per heavy atom. The number of nitrogens with one attached hydrogen (secondary N) is 2. The van der Waals surface area contributed by atoms with E-state index in [0.29, 0.717) is 11.1 Å². The van der Waals surface area contributed by atoms with Crippen LogP contribution < -0.4 is 4.72 Å². The maximum atomic E-state index is 13.0. The summed E-state index contributed by atoms with van der Waals surface area (Å²) >= 11 is 0. The average Bonchev–Trinajstić information content (AvgIpc) is 3.17. The number of fused-ring (bicyclic) bond motifs is 1. The second-order valence-electron chi connectivity index (χ2n) is 6.52. The Kier molecular flexibility index (Phi) is 4.96. The summed E-state index contributed by atoms with van der Waals surface area (Å²) in [4.78, 5) is 32.5. The van der Waals surface area contributed by atoms with Crippen molar-refractivity contribution >= 4 is 27.2 Å². The highest BCUT2D eigenvalue weighted by atomic mass is 32.2. The third-order valence-electron chi connectivity index (χ3n) is 4.67. The summed E-state index contributed by atoms with van der Waals surface area (Å²) in [6.45, 7) is 0.0922. The minimum absolute atomic E-state index is 0.0922. The summed E-state index contributed by atoms with van der Waals surface area (Å²) in [6, 6.07) is 11.5. The van der Waals surface area contributed by atoms with Crippen LogP contribution in [0.15, 0.2) is 72.0 Å². The second kappa shape index (κ2) is 7.57. The number of sulfonamides is 1. The number of allylic oxidation sites excluding steroid dienone is 2. The molecular formula is C21H17N3O4S. The first kappa shape index (κ1) is 19.0.